The maximum absolute atomic E-state index is 6.40. The molecule has 4 nitrogen and oxygen atoms in total. The number of nitrogens with zero attached hydrogens (tertiary/aromatic N) is 4. The molecule has 0 spiro atoms. The van der Waals surface area contributed by atoms with Gasteiger partial charge in [0.05, 0.1) is 16.7 Å². The molecule has 1 unspecified atom stereocenters. The maximum atomic E-state index is 6.40. The number of hydrogen-bond donors (Lipinski definition) is 0. The van der Waals surface area contributed by atoms with Crippen molar-refractivity contribution in [2.24, 2.45) is 0 Å². The Balaban J connectivity index is 1.63. The number of aryl methyl sites for hydroxylation is 2. The molecule has 1 aromatic carbocycles. The van der Waals surface area contributed by atoms with E-state index in [2.05, 4.69) is 16.0 Å². The lowest BCUT2D eigenvalue weighted by molar-refractivity contribution is 0.289. The fraction of sp³-hybridized carbons (Fsp3) is 0.333. The molecule has 0 saturated carbocycles. The SMILES string of the molecule is [B]N(Cc1nc2ccc(C)cc2n1[B])C1CCCc2cccnc21. The summed E-state index contributed by atoms with van der Waals surface area (Å²) < 4.78 is 1.64. The summed E-state index contributed by atoms with van der Waals surface area (Å²) in [6.45, 7) is 2.54. The van der Waals surface area contributed by atoms with Crippen LogP contribution in [-0.4, -0.2) is 35.2 Å². The van der Waals surface area contributed by atoms with Crippen molar-refractivity contribution in [3.8, 4) is 0 Å². The Kier molecular flexibility index (Phi) is 3.93. The van der Waals surface area contributed by atoms with Gasteiger partial charge in [-0.3, -0.25) is 4.98 Å². The van der Waals surface area contributed by atoms with E-state index in [0.717, 1.165) is 47.4 Å². The number of imidazole rings is 1. The lowest BCUT2D eigenvalue weighted by Gasteiger charge is -2.32. The second-order valence-electron chi connectivity index (χ2n) is 6.52. The van der Waals surface area contributed by atoms with Crippen LogP contribution >= 0.6 is 0 Å². The highest BCUT2D eigenvalue weighted by Gasteiger charge is 2.25. The Morgan fingerprint density at radius 3 is 3.08 bits per heavy atom. The molecule has 6 heteroatoms. The van der Waals surface area contributed by atoms with Crippen molar-refractivity contribution in [1.82, 2.24) is 19.3 Å². The summed E-state index contributed by atoms with van der Waals surface area (Å²) in [6, 6.07) is 10.3. The van der Waals surface area contributed by atoms with Gasteiger partial charge in [0.15, 0.2) is 7.98 Å². The highest BCUT2D eigenvalue weighted by Crippen LogP contribution is 2.32. The molecule has 0 aliphatic heterocycles. The van der Waals surface area contributed by atoms with Crippen LogP contribution in [0.25, 0.3) is 11.0 Å². The second kappa shape index (κ2) is 6.10. The molecule has 24 heavy (non-hydrogen) atoms. The summed E-state index contributed by atoms with van der Waals surface area (Å²) in [5.74, 6) is 0.765. The van der Waals surface area contributed by atoms with Gasteiger partial charge in [-0.2, -0.15) is 0 Å². The van der Waals surface area contributed by atoms with Gasteiger partial charge in [0, 0.05) is 18.8 Å². The molecular weight excluding hydrogens is 294 g/mol. The van der Waals surface area contributed by atoms with Crippen molar-refractivity contribution in [2.75, 3.05) is 0 Å². The average Bonchev–Trinajstić information content (AvgIpc) is 2.90. The molecule has 2 aromatic heterocycles. The van der Waals surface area contributed by atoms with Gasteiger partial charge in [0.1, 0.15) is 5.82 Å². The number of benzene rings is 1. The van der Waals surface area contributed by atoms with Gasteiger partial charge in [-0.15, -0.1) is 0 Å². The molecule has 0 N–H and O–H groups in total. The molecule has 0 bridgehead atoms. The molecule has 2 heterocycles. The lowest BCUT2D eigenvalue weighted by Crippen LogP contribution is -2.30. The first-order chi connectivity index (χ1) is 11.6. The minimum Gasteiger partial charge on any atom is -0.384 e. The standard InChI is InChI=1S/C18H18B2N4/c1-12-7-8-14-16(10-12)24(20)17(22-14)11-23(19)15-6-2-4-13-5-3-9-21-18(13)15/h3,5,7-10,15H,2,4,6,11H2,1H3. The molecule has 116 valence electrons. The molecule has 1 aliphatic carbocycles. The quantitative estimate of drug-likeness (QED) is 0.697. The summed E-state index contributed by atoms with van der Waals surface area (Å²) in [5, 5.41) is 0. The largest absolute Gasteiger partial charge is 0.384 e. The second-order valence-corrected chi connectivity index (χ2v) is 6.52. The smallest absolute Gasteiger partial charge is 0.236 e. The molecule has 0 amide bonds. The zero-order chi connectivity index (χ0) is 16.7. The molecule has 4 radical (unpaired) electrons. The molecule has 0 fully saturated rings. The molecule has 1 atom stereocenters. The van der Waals surface area contributed by atoms with Crippen molar-refractivity contribution in [3.05, 3.63) is 59.2 Å². The summed E-state index contributed by atoms with van der Waals surface area (Å²) in [5.41, 5.74) is 5.37. The van der Waals surface area contributed by atoms with Crippen molar-refractivity contribution in [2.45, 2.75) is 38.8 Å². The van der Waals surface area contributed by atoms with E-state index in [9.17, 15) is 0 Å². The van der Waals surface area contributed by atoms with Gasteiger partial charge >= 0.3 is 0 Å². The fourth-order valence-electron chi connectivity index (χ4n) is 3.55. The number of rotatable bonds is 3. The molecular formula is C18H18B2N4. The summed E-state index contributed by atoms with van der Waals surface area (Å²) in [4.78, 5) is 11.0. The van der Waals surface area contributed by atoms with Crippen LogP contribution in [0.5, 0.6) is 0 Å². The number of hydrogen-bond acceptors (Lipinski definition) is 3. The normalized spacial score (nSPS) is 17.3. The highest BCUT2D eigenvalue weighted by molar-refractivity contribution is 6.11. The van der Waals surface area contributed by atoms with E-state index in [1.165, 1.54) is 5.56 Å². The molecule has 3 aromatic rings. The van der Waals surface area contributed by atoms with Crippen molar-refractivity contribution in [1.29, 1.82) is 0 Å². The van der Waals surface area contributed by atoms with E-state index in [1.807, 2.05) is 42.2 Å². The number of aromatic nitrogens is 3. The summed E-state index contributed by atoms with van der Waals surface area (Å²) in [6.07, 6.45) is 5.04. The van der Waals surface area contributed by atoms with Crippen LogP contribution in [0.4, 0.5) is 0 Å². The van der Waals surface area contributed by atoms with E-state index in [4.69, 9.17) is 16.0 Å². The van der Waals surface area contributed by atoms with Crippen LogP contribution in [0.2, 0.25) is 0 Å². The van der Waals surface area contributed by atoms with Crippen LogP contribution in [0.1, 0.15) is 41.5 Å². The first-order valence-electron chi connectivity index (χ1n) is 8.31. The third kappa shape index (κ3) is 2.65. The first-order valence-corrected chi connectivity index (χ1v) is 8.31. The van der Waals surface area contributed by atoms with Gasteiger partial charge in [0.2, 0.25) is 7.98 Å². The zero-order valence-electron chi connectivity index (χ0n) is 13.8. The van der Waals surface area contributed by atoms with Crippen LogP contribution < -0.4 is 0 Å². The number of fused-ring (bicyclic) bond motifs is 2. The van der Waals surface area contributed by atoms with Crippen LogP contribution in [0.3, 0.4) is 0 Å². The Morgan fingerprint density at radius 2 is 2.21 bits per heavy atom. The minimum absolute atomic E-state index is 0.108. The van der Waals surface area contributed by atoms with Crippen LogP contribution in [0.15, 0.2) is 36.5 Å². The average molecular weight is 312 g/mol. The van der Waals surface area contributed by atoms with Gasteiger partial charge in [-0.25, -0.2) is 4.98 Å². The van der Waals surface area contributed by atoms with Gasteiger partial charge in [-0.05, 0) is 55.5 Å². The van der Waals surface area contributed by atoms with E-state index in [0.29, 0.717) is 6.54 Å². The lowest BCUT2D eigenvalue weighted by atomic mass is 9.89. The van der Waals surface area contributed by atoms with Gasteiger partial charge in [-0.1, -0.05) is 12.1 Å². The number of pyridine rings is 1. The van der Waals surface area contributed by atoms with E-state index >= 15 is 0 Å². The Labute approximate surface area is 144 Å². The highest BCUT2D eigenvalue weighted by atomic mass is 15.1. The Hall–Kier alpha value is -2.07. The van der Waals surface area contributed by atoms with Crippen molar-refractivity contribution < 1.29 is 0 Å². The van der Waals surface area contributed by atoms with E-state index in [1.54, 1.807) is 4.48 Å². The predicted octanol–water partition coefficient (Wildman–Crippen LogP) is 2.63. The minimum atomic E-state index is 0.108. The van der Waals surface area contributed by atoms with Gasteiger partial charge in [0.25, 0.3) is 0 Å². The van der Waals surface area contributed by atoms with E-state index in [-0.39, 0.29) is 6.04 Å². The van der Waals surface area contributed by atoms with Crippen molar-refractivity contribution >= 4 is 27.0 Å². The monoisotopic (exact) mass is 312 g/mol. The van der Waals surface area contributed by atoms with Crippen molar-refractivity contribution in [3.63, 3.8) is 0 Å². The van der Waals surface area contributed by atoms with E-state index < -0.39 is 0 Å². The Morgan fingerprint density at radius 1 is 1.33 bits per heavy atom. The fourth-order valence-corrected chi connectivity index (χ4v) is 3.55. The molecule has 4 rings (SSSR count). The molecule has 0 saturated heterocycles. The Bertz CT molecular complexity index is 890. The summed E-state index contributed by atoms with van der Waals surface area (Å²) >= 11 is 0. The summed E-state index contributed by atoms with van der Waals surface area (Å²) in [7, 11) is 12.6. The van der Waals surface area contributed by atoms with Crippen LogP contribution in [-0.2, 0) is 13.0 Å². The molecule has 1 aliphatic rings. The third-order valence-corrected chi connectivity index (χ3v) is 4.81. The van der Waals surface area contributed by atoms with Crippen LogP contribution in [0, 0.1) is 6.92 Å². The first kappa shape index (κ1) is 15.5. The zero-order valence-corrected chi connectivity index (χ0v) is 13.8. The predicted molar refractivity (Wildman–Crippen MR) is 96.8 cm³/mol. The third-order valence-electron chi connectivity index (χ3n) is 4.81. The van der Waals surface area contributed by atoms with Gasteiger partial charge < -0.3 is 9.29 Å². The maximum Gasteiger partial charge on any atom is 0.236 e. The topological polar surface area (TPSA) is 34.0 Å².